The molecule has 0 aliphatic rings. The maximum absolute atomic E-state index is 12.8. The van der Waals surface area contributed by atoms with E-state index in [1.54, 1.807) is 6.08 Å². The second-order valence-corrected chi connectivity index (χ2v) is 6.35. The summed E-state index contributed by atoms with van der Waals surface area (Å²) in [7, 11) is 4.03. The van der Waals surface area contributed by atoms with Gasteiger partial charge in [-0.2, -0.15) is 0 Å². The number of carbonyl (C=O) groups is 1. The molecule has 26 heavy (non-hydrogen) atoms. The van der Waals surface area contributed by atoms with E-state index in [0.29, 0.717) is 19.7 Å². The third-order valence-electron chi connectivity index (χ3n) is 3.97. The Hall–Kier alpha value is -2.59. The summed E-state index contributed by atoms with van der Waals surface area (Å²) in [5.41, 5.74) is 2.04. The van der Waals surface area contributed by atoms with Crippen LogP contribution in [-0.4, -0.2) is 49.5 Å². The van der Waals surface area contributed by atoms with Crippen LogP contribution in [-0.2, 0) is 11.3 Å². The topological polar surface area (TPSA) is 32.8 Å². The molecular formula is C22H28N2O2. The number of benzene rings is 2. The Balaban J connectivity index is 2.12. The summed E-state index contributed by atoms with van der Waals surface area (Å²) in [6, 6.07) is 17.8. The molecule has 0 heterocycles. The third kappa shape index (κ3) is 6.37. The van der Waals surface area contributed by atoms with E-state index in [-0.39, 0.29) is 5.91 Å². The molecule has 4 heteroatoms. The Kier molecular flexibility index (Phi) is 7.90. The maximum Gasteiger partial charge on any atom is 0.246 e. The number of amides is 1. The van der Waals surface area contributed by atoms with Crippen LogP contribution in [0.25, 0.3) is 6.08 Å². The molecule has 0 aromatic heterocycles. The van der Waals surface area contributed by atoms with Crippen molar-refractivity contribution in [3.05, 3.63) is 71.8 Å². The van der Waals surface area contributed by atoms with Gasteiger partial charge >= 0.3 is 0 Å². The van der Waals surface area contributed by atoms with Crippen LogP contribution < -0.4 is 4.74 Å². The molecule has 0 atom stereocenters. The van der Waals surface area contributed by atoms with Gasteiger partial charge in [-0.05, 0) is 38.7 Å². The van der Waals surface area contributed by atoms with Gasteiger partial charge in [-0.1, -0.05) is 48.5 Å². The van der Waals surface area contributed by atoms with Crippen molar-refractivity contribution >= 4 is 12.0 Å². The van der Waals surface area contributed by atoms with Crippen molar-refractivity contribution in [2.45, 2.75) is 13.5 Å². The molecule has 0 unspecified atom stereocenters. The third-order valence-corrected chi connectivity index (χ3v) is 3.97. The minimum Gasteiger partial charge on any atom is -0.493 e. The van der Waals surface area contributed by atoms with Gasteiger partial charge in [0, 0.05) is 31.3 Å². The molecule has 0 bridgehead atoms. The van der Waals surface area contributed by atoms with Gasteiger partial charge in [0.2, 0.25) is 5.91 Å². The number of likely N-dealkylation sites (N-methyl/N-ethyl adjacent to an activating group) is 1. The first kappa shape index (κ1) is 19.7. The molecule has 2 rings (SSSR count). The number of nitrogens with zero attached hydrogens (tertiary/aromatic N) is 2. The lowest BCUT2D eigenvalue weighted by Crippen LogP contribution is -2.35. The second-order valence-electron chi connectivity index (χ2n) is 6.35. The molecule has 0 saturated heterocycles. The van der Waals surface area contributed by atoms with Gasteiger partial charge in [-0.3, -0.25) is 4.79 Å². The highest BCUT2D eigenvalue weighted by molar-refractivity contribution is 5.92. The van der Waals surface area contributed by atoms with Crippen LogP contribution >= 0.6 is 0 Å². The van der Waals surface area contributed by atoms with Crippen molar-refractivity contribution in [2.24, 2.45) is 0 Å². The van der Waals surface area contributed by atoms with E-state index in [2.05, 4.69) is 4.90 Å². The van der Waals surface area contributed by atoms with Crippen molar-refractivity contribution < 1.29 is 9.53 Å². The first-order chi connectivity index (χ1) is 12.6. The van der Waals surface area contributed by atoms with E-state index in [1.807, 2.05) is 86.6 Å². The summed E-state index contributed by atoms with van der Waals surface area (Å²) in [4.78, 5) is 16.7. The summed E-state index contributed by atoms with van der Waals surface area (Å²) in [6.07, 6.45) is 3.47. The number of hydrogen-bond acceptors (Lipinski definition) is 3. The first-order valence-electron chi connectivity index (χ1n) is 8.97. The fourth-order valence-electron chi connectivity index (χ4n) is 2.56. The van der Waals surface area contributed by atoms with Crippen LogP contribution in [0.2, 0.25) is 0 Å². The zero-order valence-corrected chi connectivity index (χ0v) is 15.9. The molecule has 0 fully saturated rings. The molecule has 2 aromatic carbocycles. The highest BCUT2D eigenvalue weighted by atomic mass is 16.5. The zero-order chi connectivity index (χ0) is 18.8. The van der Waals surface area contributed by atoms with E-state index in [0.717, 1.165) is 23.4 Å². The quantitative estimate of drug-likeness (QED) is 0.645. The van der Waals surface area contributed by atoms with Crippen LogP contribution in [0.4, 0.5) is 0 Å². The average Bonchev–Trinajstić information content (AvgIpc) is 2.65. The molecule has 0 radical (unpaired) electrons. The Labute approximate surface area is 156 Å². The molecule has 2 aromatic rings. The van der Waals surface area contributed by atoms with Crippen LogP contribution in [0.5, 0.6) is 5.75 Å². The number of carbonyl (C=O) groups excluding carboxylic acids is 1. The highest BCUT2D eigenvalue weighted by Crippen LogP contribution is 2.19. The highest BCUT2D eigenvalue weighted by Gasteiger charge is 2.12. The van der Waals surface area contributed by atoms with Crippen LogP contribution in [0.1, 0.15) is 18.1 Å². The van der Waals surface area contributed by atoms with Gasteiger partial charge in [0.05, 0.1) is 6.61 Å². The average molecular weight is 352 g/mol. The number of para-hydroxylation sites is 1. The molecule has 1 amide bonds. The van der Waals surface area contributed by atoms with E-state index in [1.165, 1.54) is 0 Å². The normalized spacial score (nSPS) is 11.1. The van der Waals surface area contributed by atoms with Gasteiger partial charge in [0.1, 0.15) is 5.75 Å². The van der Waals surface area contributed by atoms with Gasteiger partial charge in [-0.25, -0.2) is 0 Å². The van der Waals surface area contributed by atoms with Crippen LogP contribution in [0, 0.1) is 0 Å². The predicted octanol–water partition coefficient (Wildman–Crippen LogP) is 3.69. The molecule has 0 saturated carbocycles. The molecule has 4 nitrogen and oxygen atoms in total. The van der Waals surface area contributed by atoms with Crippen molar-refractivity contribution in [3.63, 3.8) is 0 Å². The summed E-state index contributed by atoms with van der Waals surface area (Å²) in [5, 5.41) is 0. The number of ether oxygens (including phenoxy) is 1. The van der Waals surface area contributed by atoms with Gasteiger partial charge in [0.15, 0.2) is 0 Å². The van der Waals surface area contributed by atoms with Crippen LogP contribution in [0.3, 0.4) is 0 Å². The lowest BCUT2D eigenvalue weighted by atomic mass is 10.1. The number of hydrogen-bond donors (Lipinski definition) is 0. The monoisotopic (exact) mass is 352 g/mol. The number of rotatable bonds is 9. The predicted molar refractivity (Wildman–Crippen MR) is 107 cm³/mol. The van der Waals surface area contributed by atoms with Crippen LogP contribution in [0.15, 0.2) is 60.7 Å². The smallest absolute Gasteiger partial charge is 0.246 e. The van der Waals surface area contributed by atoms with E-state index in [9.17, 15) is 4.79 Å². The molecular weight excluding hydrogens is 324 g/mol. The summed E-state index contributed by atoms with van der Waals surface area (Å²) in [5.74, 6) is 0.795. The largest absolute Gasteiger partial charge is 0.493 e. The SMILES string of the molecule is CCOc1ccccc1/C=C/C(=O)N(CCN(C)C)Cc1ccccc1. The minimum absolute atomic E-state index is 0.00186. The Morgan fingerprint density at radius 1 is 1.00 bits per heavy atom. The van der Waals surface area contributed by atoms with Gasteiger partial charge < -0.3 is 14.5 Å². The van der Waals surface area contributed by atoms with Crippen molar-refractivity contribution in [1.82, 2.24) is 9.80 Å². The summed E-state index contributed by atoms with van der Waals surface area (Å²) < 4.78 is 5.62. The van der Waals surface area contributed by atoms with E-state index < -0.39 is 0 Å². The van der Waals surface area contributed by atoms with E-state index >= 15 is 0 Å². The summed E-state index contributed by atoms with van der Waals surface area (Å²) >= 11 is 0. The Morgan fingerprint density at radius 3 is 2.38 bits per heavy atom. The van der Waals surface area contributed by atoms with Gasteiger partial charge in [-0.15, -0.1) is 0 Å². The van der Waals surface area contributed by atoms with Gasteiger partial charge in [0.25, 0.3) is 0 Å². The Morgan fingerprint density at radius 2 is 1.69 bits per heavy atom. The molecule has 138 valence electrons. The standard InChI is InChI=1S/C22H28N2O2/c1-4-26-21-13-9-8-12-20(21)14-15-22(25)24(17-16-23(2)3)18-19-10-6-5-7-11-19/h5-15H,4,16-18H2,1-3H3/b15-14+. The molecule has 0 aliphatic carbocycles. The zero-order valence-electron chi connectivity index (χ0n) is 15.9. The molecule has 0 spiro atoms. The Bertz CT molecular complexity index is 711. The fraction of sp³-hybridized carbons (Fsp3) is 0.318. The molecule has 0 aliphatic heterocycles. The van der Waals surface area contributed by atoms with Crippen molar-refractivity contribution in [3.8, 4) is 5.75 Å². The fourth-order valence-corrected chi connectivity index (χ4v) is 2.56. The lowest BCUT2D eigenvalue weighted by Gasteiger charge is -2.23. The van der Waals surface area contributed by atoms with Crippen molar-refractivity contribution in [2.75, 3.05) is 33.8 Å². The minimum atomic E-state index is 0.00186. The maximum atomic E-state index is 12.8. The van der Waals surface area contributed by atoms with Crippen molar-refractivity contribution in [1.29, 1.82) is 0 Å². The first-order valence-corrected chi connectivity index (χ1v) is 8.97. The lowest BCUT2D eigenvalue weighted by molar-refractivity contribution is -0.126. The molecule has 0 N–H and O–H groups in total. The second kappa shape index (κ2) is 10.4. The van der Waals surface area contributed by atoms with E-state index in [4.69, 9.17) is 4.74 Å². The summed E-state index contributed by atoms with van der Waals surface area (Å²) in [6.45, 7) is 4.65.